The third-order valence-corrected chi connectivity index (χ3v) is 4.84. The van der Waals surface area contributed by atoms with Gasteiger partial charge in [-0.1, -0.05) is 36.4 Å². The van der Waals surface area contributed by atoms with Gasteiger partial charge < -0.3 is 19.5 Å². The van der Waals surface area contributed by atoms with Crippen LogP contribution in [0, 0.1) is 3.57 Å². The van der Waals surface area contributed by atoms with E-state index in [2.05, 4.69) is 27.9 Å². The lowest BCUT2D eigenvalue weighted by Crippen LogP contribution is -2.13. The minimum Gasteiger partial charge on any atom is -0.497 e. The molecule has 0 atom stereocenters. The Kier molecular flexibility index (Phi) is 6.76. The Hall–Kier alpha value is -2.74. The Morgan fingerprint density at radius 1 is 0.964 bits per heavy atom. The molecular formula is C22H20INO4. The molecule has 0 saturated heterocycles. The van der Waals surface area contributed by atoms with Crippen molar-refractivity contribution < 1.29 is 19.0 Å². The lowest BCUT2D eigenvalue weighted by Gasteiger charge is -2.14. The summed E-state index contributed by atoms with van der Waals surface area (Å²) < 4.78 is 17.4. The fourth-order valence-electron chi connectivity index (χ4n) is 2.64. The Labute approximate surface area is 177 Å². The van der Waals surface area contributed by atoms with Crippen LogP contribution in [0.15, 0.2) is 66.7 Å². The summed E-state index contributed by atoms with van der Waals surface area (Å²) in [6.07, 6.45) is 0. The molecule has 28 heavy (non-hydrogen) atoms. The molecule has 0 spiro atoms. The van der Waals surface area contributed by atoms with E-state index in [1.807, 2.05) is 48.5 Å². The number of methoxy groups -OCH3 is 2. The molecule has 3 rings (SSSR count). The second-order valence-electron chi connectivity index (χ2n) is 5.95. The first kappa shape index (κ1) is 20.0. The number of nitrogens with one attached hydrogen (secondary N) is 1. The van der Waals surface area contributed by atoms with E-state index in [0.717, 1.165) is 9.13 Å². The highest BCUT2D eigenvalue weighted by molar-refractivity contribution is 14.1. The number of amides is 1. The van der Waals surface area contributed by atoms with E-state index >= 15 is 0 Å². The number of anilines is 1. The van der Waals surface area contributed by atoms with Crippen LogP contribution in [-0.2, 0) is 6.61 Å². The van der Waals surface area contributed by atoms with Gasteiger partial charge in [0.15, 0.2) is 11.5 Å². The van der Waals surface area contributed by atoms with Crippen LogP contribution in [0.2, 0.25) is 0 Å². The molecular weight excluding hydrogens is 469 g/mol. The lowest BCUT2D eigenvalue weighted by atomic mass is 10.1. The topological polar surface area (TPSA) is 56.8 Å². The lowest BCUT2D eigenvalue weighted by molar-refractivity contribution is 0.102. The normalized spacial score (nSPS) is 10.2. The van der Waals surface area contributed by atoms with Crippen molar-refractivity contribution in [3.8, 4) is 17.2 Å². The van der Waals surface area contributed by atoms with Crippen LogP contribution >= 0.6 is 22.6 Å². The van der Waals surface area contributed by atoms with Gasteiger partial charge in [-0.2, -0.15) is 0 Å². The van der Waals surface area contributed by atoms with Crippen molar-refractivity contribution >= 4 is 34.2 Å². The number of carbonyl (C=O) groups excluding carboxylic acids is 1. The second-order valence-corrected chi connectivity index (χ2v) is 7.11. The summed E-state index contributed by atoms with van der Waals surface area (Å²) in [5.41, 5.74) is 2.17. The molecule has 5 nitrogen and oxygen atoms in total. The quantitative estimate of drug-likeness (QED) is 0.467. The monoisotopic (exact) mass is 489 g/mol. The van der Waals surface area contributed by atoms with Crippen molar-refractivity contribution in [2.45, 2.75) is 6.61 Å². The SMILES string of the molecule is COc1cccc(NC(=O)c2cc(I)c(OC)c(OCc3ccccc3)c2)c1. The molecule has 0 bridgehead atoms. The molecule has 0 aliphatic heterocycles. The molecule has 3 aromatic carbocycles. The maximum Gasteiger partial charge on any atom is 0.255 e. The Morgan fingerprint density at radius 3 is 2.46 bits per heavy atom. The van der Waals surface area contributed by atoms with Crippen molar-refractivity contribution in [2.24, 2.45) is 0 Å². The van der Waals surface area contributed by atoms with Crippen LogP contribution in [0.3, 0.4) is 0 Å². The van der Waals surface area contributed by atoms with Crippen LogP contribution < -0.4 is 19.5 Å². The maximum atomic E-state index is 12.7. The summed E-state index contributed by atoms with van der Waals surface area (Å²) >= 11 is 2.14. The number of benzene rings is 3. The van der Waals surface area contributed by atoms with Gasteiger partial charge >= 0.3 is 0 Å². The Balaban J connectivity index is 1.82. The van der Waals surface area contributed by atoms with E-state index < -0.39 is 0 Å². The van der Waals surface area contributed by atoms with Crippen molar-refractivity contribution in [1.82, 2.24) is 0 Å². The Morgan fingerprint density at radius 2 is 1.75 bits per heavy atom. The zero-order chi connectivity index (χ0) is 19.9. The summed E-state index contributed by atoms with van der Waals surface area (Å²) in [6.45, 7) is 0.383. The summed E-state index contributed by atoms with van der Waals surface area (Å²) in [6, 6.07) is 20.5. The molecule has 0 unspecified atom stereocenters. The highest BCUT2D eigenvalue weighted by Crippen LogP contribution is 2.34. The average molecular weight is 489 g/mol. The molecule has 6 heteroatoms. The van der Waals surface area contributed by atoms with Gasteiger partial charge in [0.05, 0.1) is 17.8 Å². The van der Waals surface area contributed by atoms with E-state index in [1.165, 1.54) is 0 Å². The van der Waals surface area contributed by atoms with Gasteiger partial charge in [0.25, 0.3) is 5.91 Å². The van der Waals surface area contributed by atoms with E-state index in [-0.39, 0.29) is 5.91 Å². The van der Waals surface area contributed by atoms with E-state index in [9.17, 15) is 4.79 Å². The molecule has 0 radical (unpaired) electrons. The average Bonchev–Trinajstić information content (AvgIpc) is 2.72. The standard InChI is InChI=1S/C22H20INO4/c1-26-18-10-6-9-17(13-18)24-22(25)16-11-19(23)21(27-2)20(12-16)28-14-15-7-4-3-5-8-15/h3-13H,14H2,1-2H3,(H,24,25). The first-order valence-electron chi connectivity index (χ1n) is 8.60. The van der Waals surface area contributed by atoms with Crippen molar-refractivity contribution in [3.05, 3.63) is 81.4 Å². The molecule has 1 amide bonds. The molecule has 0 aliphatic carbocycles. The molecule has 0 aliphatic rings. The van der Waals surface area contributed by atoms with Crippen LogP contribution in [0.4, 0.5) is 5.69 Å². The summed E-state index contributed by atoms with van der Waals surface area (Å²) in [4.78, 5) is 12.7. The van der Waals surface area contributed by atoms with Crippen molar-refractivity contribution in [1.29, 1.82) is 0 Å². The first-order valence-corrected chi connectivity index (χ1v) is 9.68. The smallest absolute Gasteiger partial charge is 0.255 e. The van der Waals surface area contributed by atoms with Crippen LogP contribution in [0.25, 0.3) is 0 Å². The molecule has 0 heterocycles. The second kappa shape index (κ2) is 9.45. The third kappa shape index (κ3) is 4.95. The fraction of sp³-hybridized carbons (Fsp3) is 0.136. The van der Waals surface area contributed by atoms with E-state index in [4.69, 9.17) is 14.2 Å². The highest BCUT2D eigenvalue weighted by atomic mass is 127. The molecule has 1 N–H and O–H groups in total. The summed E-state index contributed by atoms with van der Waals surface area (Å²) in [7, 11) is 3.17. The zero-order valence-corrected chi connectivity index (χ0v) is 17.7. The predicted molar refractivity (Wildman–Crippen MR) is 117 cm³/mol. The summed E-state index contributed by atoms with van der Waals surface area (Å²) in [5, 5.41) is 2.88. The number of halogens is 1. The molecule has 0 fully saturated rings. The van der Waals surface area contributed by atoms with Crippen molar-refractivity contribution in [3.63, 3.8) is 0 Å². The molecule has 144 valence electrons. The number of rotatable bonds is 7. The molecule has 3 aromatic rings. The van der Waals surface area contributed by atoms with Gasteiger partial charge in [-0.3, -0.25) is 4.79 Å². The minimum atomic E-state index is -0.238. The third-order valence-electron chi connectivity index (χ3n) is 4.04. The number of ether oxygens (including phenoxy) is 3. The van der Waals surface area contributed by atoms with Crippen molar-refractivity contribution in [2.75, 3.05) is 19.5 Å². The van der Waals surface area contributed by atoms with Gasteiger partial charge in [0.2, 0.25) is 0 Å². The molecule has 0 saturated carbocycles. The van der Waals surface area contributed by atoms with Gasteiger partial charge in [0.1, 0.15) is 12.4 Å². The van der Waals surface area contributed by atoms with Crippen LogP contribution in [-0.4, -0.2) is 20.1 Å². The predicted octanol–water partition coefficient (Wildman–Crippen LogP) is 5.14. The number of carbonyl (C=O) groups is 1. The highest BCUT2D eigenvalue weighted by Gasteiger charge is 2.16. The molecule has 0 aromatic heterocycles. The van der Waals surface area contributed by atoms with E-state index in [1.54, 1.807) is 32.4 Å². The minimum absolute atomic E-state index is 0.238. The summed E-state index contributed by atoms with van der Waals surface area (Å²) in [5.74, 6) is 1.57. The van der Waals surface area contributed by atoms with Gasteiger partial charge in [0, 0.05) is 17.3 Å². The van der Waals surface area contributed by atoms with Crippen LogP contribution in [0.5, 0.6) is 17.2 Å². The van der Waals surface area contributed by atoms with Gasteiger partial charge in [-0.15, -0.1) is 0 Å². The Bertz CT molecular complexity index is 960. The van der Waals surface area contributed by atoms with Gasteiger partial charge in [-0.25, -0.2) is 0 Å². The number of hydrogen-bond donors (Lipinski definition) is 1. The fourth-order valence-corrected chi connectivity index (χ4v) is 3.47. The first-order chi connectivity index (χ1) is 13.6. The largest absolute Gasteiger partial charge is 0.497 e. The van der Waals surface area contributed by atoms with Gasteiger partial charge in [-0.05, 0) is 52.4 Å². The number of hydrogen-bond acceptors (Lipinski definition) is 4. The zero-order valence-electron chi connectivity index (χ0n) is 15.6. The van der Waals surface area contributed by atoms with E-state index in [0.29, 0.717) is 35.1 Å². The van der Waals surface area contributed by atoms with Crippen LogP contribution in [0.1, 0.15) is 15.9 Å². The maximum absolute atomic E-state index is 12.7.